The zero-order valence-corrected chi connectivity index (χ0v) is 14.1. The summed E-state index contributed by atoms with van der Waals surface area (Å²) in [5.74, 6) is 0.449. The van der Waals surface area contributed by atoms with Crippen molar-refractivity contribution in [3.05, 3.63) is 65.5 Å². The first-order valence-corrected chi connectivity index (χ1v) is 8.55. The lowest BCUT2D eigenvalue weighted by Gasteiger charge is -2.31. The van der Waals surface area contributed by atoms with E-state index in [1.807, 2.05) is 43.5 Å². The number of carbonyl (C=O) groups is 1. The second-order valence-electron chi connectivity index (χ2n) is 6.45. The van der Waals surface area contributed by atoms with Gasteiger partial charge in [-0.2, -0.15) is 0 Å². The van der Waals surface area contributed by atoms with Crippen LogP contribution in [0.4, 0.5) is 0 Å². The third-order valence-electron chi connectivity index (χ3n) is 4.54. The number of rotatable bonds is 5. The summed E-state index contributed by atoms with van der Waals surface area (Å²) in [7, 11) is 0. The minimum atomic E-state index is -0.0000841. The molecule has 1 atom stereocenters. The Morgan fingerprint density at radius 2 is 2.12 bits per heavy atom. The number of benzene rings is 1. The Balaban J connectivity index is 1.72. The average Bonchev–Trinajstić information content (AvgIpc) is 2.61. The number of amides is 1. The zero-order chi connectivity index (χ0) is 16.8. The summed E-state index contributed by atoms with van der Waals surface area (Å²) in [6.45, 7) is 3.56. The summed E-state index contributed by atoms with van der Waals surface area (Å²) in [5.41, 5.74) is 3.29. The number of ether oxygens (including phenoxy) is 1. The van der Waals surface area contributed by atoms with Gasteiger partial charge in [0.05, 0.1) is 12.5 Å². The topological polar surface area (TPSA) is 51.2 Å². The van der Waals surface area contributed by atoms with Gasteiger partial charge in [-0.15, -0.1) is 0 Å². The van der Waals surface area contributed by atoms with Crippen LogP contribution in [0.25, 0.3) is 0 Å². The van der Waals surface area contributed by atoms with Gasteiger partial charge in [0.2, 0.25) is 5.91 Å². The third-order valence-corrected chi connectivity index (χ3v) is 4.54. The van der Waals surface area contributed by atoms with Gasteiger partial charge in [0.15, 0.2) is 0 Å². The fraction of sp³-hybridized carbons (Fsp3) is 0.400. The minimum absolute atomic E-state index is 0.0000841. The van der Waals surface area contributed by atoms with E-state index >= 15 is 0 Å². The molecule has 1 N–H and O–H groups in total. The predicted octanol–water partition coefficient (Wildman–Crippen LogP) is 3.22. The van der Waals surface area contributed by atoms with Crippen LogP contribution in [0.15, 0.2) is 48.8 Å². The Morgan fingerprint density at radius 3 is 2.83 bits per heavy atom. The van der Waals surface area contributed by atoms with Crippen LogP contribution in [0.3, 0.4) is 0 Å². The number of pyridine rings is 1. The Morgan fingerprint density at radius 1 is 1.29 bits per heavy atom. The van der Waals surface area contributed by atoms with Crippen molar-refractivity contribution in [1.82, 2.24) is 10.3 Å². The van der Waals surface area contributed by atoms with E-state index in [1.165, 1.54) is 5.56 Å². The van der Waals surface area contributed by atoms with Gasteiger partial charge in [-0.1, -0.05) is 35.9 Å². The maximum Gasteiger partial charge on any atom is 0.224 e. The quantitative estimate of drug-likeness (QED) is 0.919. The lowest BCUT2D eigenvalue weighted by Crippen LogP contribution is -2.36. The molecule has 4 nitrogen and oxygen atoms in total. The molecule has 4 heteroatoms. The second-order valence-corrected chi connectivity index (χ2v) is 6.45. The van der Waals surface area contributed by atoms with Crippen molar-refractivity contribution in [1.29, 1.82) is 0 Å². The van der Waals surface area contributed by atoms with Crippen molar-refractivity contribution in [3.8, 4) is 0 Å². The normalized spacial score (nSPS) is 16.5. The minimum Gasteiger partial charge on any atom is -0.381 e. The van der Waals surface area contributed by atoms with Crippen LogP contribution in [-0.4, -0.2) is 24.1 Å². The lowest BCUT2D eigenvalue weighted by molar-refractivity contribution is -0.121. The maximum atomic E-state index is 12.6. The van der Waals surface area contributed by atoms with E-state index in [1.54, 1.807) is 6.20 Å². The summed E-state index contributed by atoms with van der Waals surface area (Å²) >= 11 is 0. The van der Waals surface area contributed by atoms with Crippen LogP contribution in [0, 0.1) is 12.8 Å². The van der Waals surface area contributed by atoms with E-state index in [2.05, 4.69) is 16.4 Å². The van der Waals surface area contributed by atoms with E-state index < -0.39 is 0 Å². The Kier molecular flexibility index (Phi) is 5.59. The molecular formula is C20H24N2O2. The lowest BCUT2D eigenvalue weighted by atomic mass is 9.87. The average molecular weight is 324 g/mol. The molecule has 0 bridgehead atoms. The molecule has 1 fully saturated rings. The maximum absolute atomic E-state index is 12.6. The predicted molar refractivity (Wildman–Crippen MR) is 93.5 cm³/mol. The van der Waals surface area contributed by atoms with Gasteiger partial charge in [0, 0.05) is 25.6 Å². The molecule has 0 radical (unpaired) electrons. The molecule has 1 saturated heterocycles. The van der Waals surface area contributed by atoms with Crippen LogP contribution < -0.4 is 5.32 Å². The molecule has 1 amide bonds. The molecule has 0 saturated carbocycles. The number of hydrogen-bond donors (Lipinski definition) is 1. The van der Waals surface area contributed by atoms with Crippen LogP contribution in [0.5, 0.6) is 0 Å². The van der Waals surface area contributed by atoms with Crippen molar-refractivity contribution < 1.29 is 9.53 Å². The molecule has 1 aliphatic heterocycles. The van der Waals surface area contributed by atoms with E-state index in [-0.39, 0.29) is 11.9 Å². The van der Waals surface area contributed by atoms with Crippen LogP contribution in [0.2, 0.25) is 0 Å². The van der Waals surface area contributed by atoms with Crippen molar-refractivity contribution >= 4 is 5.91 Å². The Labute approximate surface area is 143 Å². The van der Waals surface area contributed by atoms with Crippen molar-refractivity contribution in [2.45, 2.75) is 32.2 Å². The number of nitrogens with one attached hydrogen (secondary N) is 1. The Hall–Kier alpha value is -2.20. The van der Waals surface area contributed by atoms with Gasteiger partial charge >= 0.3 is 0 Å². The first-order valence-electron chi connectivity index (χ1n) is 8.55. The number of aromatic nitrogens is 1. The summed E-state index contributed by atoms with van der Waals surface area (Å²) in [5, 5.41) is 3.24. The SMILES string of the molecule is Cc1cccc(CC(=O)N[C@H](c2cccnc2)C2CCOCC2)c1. The van der Waals surface area contributed by atoms with E-state index in [0.29, 0.717) is 12.3 Å². The van der Waals surface area contributed by atoms with Gasteiger partial charge in [0.1, 0.15) is 0 Å². The van der Waals surface area contributed by atoms with Crippen molar-refractivity contribution in [2.75, 3.05) is 13.2 Å². The van der Waals surface area contributed by atoms with E-state index in [0.717, 1.165) is 37.2 Å². The number of carbonyl (C=O) groups excluding carboxylic acids is 1. The fourth-order valence-corrected chi connectivity index (χ4v) is 3.31. The Bertz CT molecular complexity index is 666. The molecule has 126 valence electrons. The highest BCUT2D eigenvalue weighted by Gasteiger charge is 2.27. The highest BCUT2D eigenvalue weighted by molar-refractivity contribution is 5.79. The molecule has 0 spiro atoms. The fourth-order valence-electron chi connectivity index (χ4n) is 3.31. The zero-order valence-electron chi connectivity index (χ0n) is 14.1. The standard InChI is InChI=1S/C20H24N2O2/c1-15-4-2-5-16(12-15)13-19(23)22-20(17-7-10-24-11-8-17)18-6-3-9-21-14-18/h2-6,9,12,14,17,20H,7-8,10-11,13H2,1H3,(H,22,23)/t20-/m0/s1. The summed E-state index contributed by atoms with van der Waals surface area (Å²) in [6.07, 6.45) is 5.95. The van der Waals surface area contributed by atoms with Gasteiger partial charge in [-0.25, -0.2) is 0 Å². The third kappa shape index (κ3) is 4.42. The molecule has 0 unspecified atom stereocenters. The first kappa shape index (κ1) is 16.7. The summed E-state index contributed by atoms with van der Waals surface area (Å²) in [6, 6.07) is 12.1. The van der Waals surface area contributed by atoms with Crippen LogP contribution >= 0.6 is 0 Å². The number of aryl methyl sites for hydroxylation is 1. The molecule has 1 aromatic heterocycles. The molecule has 0 aliphatic carbocycles. The van der Waals surface area contributed by atoms with E-state index in [9.17, 15) is 4.79 Å². The molecule has 2 aromatic rings. The molecule has 24 heavy (non-hydrogen) atoms. The van der Waals surface area contributed by atoms with Crippen LogP contribution in [-0.2, 0) is 16.0 Å². The van der Waals surface area contributed by atoms with Gasteiger partial charge < -0.3 is 10.1 Å². The number of hydrogen-bond acceptors (Lipinski definition) is 3. The van der Waals surface area contributed by atoms with E-state index in [4.69, 9.17) is 4.74 Å². The van der Waals surface area contributed by atoms with Crippen molar-refractivity contribution in [3.63, 3.8) is 0 Å². The van der Waals surface area contributed by atoms with Crippen molar-refractivity contribution in [2.24, 2.45) is 5.92 Å². The molecule has 3 rings (SSSR count). The second kappa shape index (κ2) is 8.06. The monoisotopic (exact) mass is 324 g/mol. The largest absolute Gasteiger partial charge is 0.381 e. The van der Waals surface area contributed by atoms with Gasteiger partial charge in [-0.05, 0) is 42.9 Å². The highest BCUT2D eigenvalue weighted by Crippen LogP contribution is 2.29. The molecule has 2 heterocycles. The highest BCUT2D eigenvalue weighted by atomic mass is 16.5. The smallest absolute Gasteiger partial charge is 0.224 e. The number of nitrogens with zero attached hydrogens (tertiary/aromatic N) is 1. The summed E-state index contributed by atoms with van der Waals surface area (Å²) < 4.78 is 5.47. The van der Waals surface area contributed by atoms with Crippen LogP contribution in [0.1, 0.15) is 35.6 Å². The van der Waals surface area contributed by atoms with Gasteiger partial charge in [0.25, 0.3) is 0 Å². The summed E-state index contributed by atoms with van der Waals surface area (Å²) in [4.78, 5) is 16.8. The first-order chi connectivity index (χ1) is 11.7. The molecule has 1 aromatic carbocycles. The van der Waals surface area contributed by atoms with Gasteiger partial charge in [-0.3, -0.25) is 9.78 Å². The molecular weight excluding hydrogens is 300 g/mol. The molecule has 1 aliphatic rings.